The molecule has 0 aromatic carbocycles. The van der Waals surface area contributed by atoms with E-state index in [4.69, 9.17) is 5.73 Å². The van der Waals surface area contributed by atoms with Crippen LogP contribution in [0.25, 0.3) is 0 Å². The molecule has 0 radical (unpaired) electrons. The molecule has 2 nitrogen and oxygen atoms in total. The Morgan fingerprint density at radius 3 is 2.07 bits per heavy atom. The summed E-state index contributed by atoms with van der Waals surface area (Å²) in [7, 11) is 2.18. The zero-order chi connectivity index (χ0) is 10.8. The molecule has 0 saturated heterocycles. The Morgan fingerprint density at radius 2 is 1.64 bits per heavy atom. The van der Waals surface area contributed by atoms with Crippen LogP contribution in [0.1, 0.15) is 52.9 Å². The van der Waals surface area contributed by atoms with Gasteiger partial charge in [0.15, 0.2) is 0 Å². The summed E-state index contributed by atoms with van der Waals surface area (Å²) in [5.41, 5.74) is 6.74. The van der Waals surface area contributed by atoms with Crippen molar-refractivity contribution in [3.05, 3.63) is 0 Å². The van der Waals surface area contributed by atoms with Crippen LogP contribution in [0.15, 0.2) is 0 Å². The Morgan fingerprint density at radius 1 is 1.14 bits per heavy atom. The van der Waals surface area contributed by atoms with Crippen LogP contribution in [-0.4, -0.2) is 29.6 Å². The van der Waals surface area contributed by atoms with Crippen molar-refractivity contribution in [3.8, 4) is 0 Å². The van der Waals surface area contributed by atoms with Crippen LogP contribution < -0.4 is 5.73 Å². The topological polar surface area (TPSA) is 29.3 Å². The molecule has 1 fully saturated rings. The molecule has 0 aromatic heterocycles. The van der Waals surface area contributed by atoms with E-state index in [1.165, 1.54) is 32.1 Å². The van der Waals surface area contributed by atoms with Crippen LogP contribution in [0, 0.1) is 0 Å². The van der Waals surface area contributed by atoms with Crippen LogP contribution in [0.4, 0.5) is 0 Å². The van der Waals surface area contributed by atoms with Crippen molar-refractivity contribution in [1.82, 2.24) is 4.90 Å². The summed E-state index contributed by atoms with van der Waals surface area (Å²) < 4.78 is 0. The highest BCUT2D eigenvalue weighted by Gasteiger charge is 2.31. The summed E-state index contributed by atoms with van der Waals surface area (Å²) in [4.78, 5) is 2.39. The Bertz CT molecular complexity index is 175. The van der Waals surface area contributed by atoms with Gasteiger partial charge in [-0.1, -0.05) is 19.3 Å². The van der Waals surface area contributed by atoms with Crippen molar-refractivity contribution < 1.29 is 0 Å². The lowest BCUT2D eigenvalue weighted by molar-refractivity contribution is 0.116. The fourth-order valence-electron chi connectivity index (χ4n) is 2.12. The van der Waals surface area contributed by atoms with Crippen LogP contribution in [0.2, 0.25) is 0 Å². The smallest absolute Gasteiger partial charge is 0.0283 e. The Hall–Kier alpha value is -0.0800. The van der Waals surface area contributed by atoms with Gasteiger partial charge < -0.3 is 5.73 Å². The summed E-state index contributed by atoms with van der Waals surface area (Å²) in [5.74, 6) is 0. The van der Waals surface area contributed by atoms with E-state index in [2.05, 4.69) is 32.7 Å². The van der Waals surface area contributed by atoms with Gasteiger partial charge in [0.25, 0.3) is 0 Å². The van der Waals surface area contributed by atoms with Crippen molar-refractivity contribution in [3.63, 3.8) is 0 Å². The molecule has 0 heterocycles. The van der Waals surface area contributed by atoms with Gasteiger partial charge in [-0.05, 0) is 40.7 Å². The summed E-state index contributed by atoms with van der Waals surface area (Å²) >= 11 is 0. The van der Waals surface area contributed by atoms with Gasteiger partial charge in [0.2, 0.25) is 0 Å². The number of likely N-dealkylation sites (N-methyl/N-ethyl adjacent to an activating group) is 1. The Labute approximate surface area is 88.8 Å². The second-order valence-corrected chi connectivity index (χ2v) is 5.95. The molecule has 1 aliphatic rings. The molecule has 0 amide bonds. The first kappa shape index (κ1) is 12.0. The fraction of sp³-hybridized carbons (Fsp3) is 1.00. The largest absolute Gasteiger partial charge is 0.324 e. The molecule has 14 heavy (non-hydrogen) atoms. The predicted octanol–water partition coefficient (Wildman–Crippen LogP) is 2.38. The molecule has 0 spiro atoms. The number of hydrogen-bond donors (Lipinski definition) is 1. The van der Waals surface area contributed by atoms with Crippen LogP contribution in [-0.2, 0) is 0 Å². The summed E-state index contributed by atoms with van der Waals surface area (Å²) in [6, 6.07) is 0. The second-order valence-electron chi connectivity index (χ2n) is 5.95. The number of nitrogens with zero attached hydrogens (tertiary/aromatic N) is 1. The van der Waals surface area contributed by atoms with Crippen molar-refractivity contribution in [2.24, 2.45) is 5.73 Å². The average Bonchev–Trinajstić information content (AvgIpc) is 2.02. The van der Waals surface area contributed by atoms with Crippen LogP contribution >= 0.6 is 0 Å². The summed E-state index contributed by atoms with van der Waals surface area (Å²) in [6.45, 7) is 7.79. The number of rotatable bonds is 2. The minimum atomic E-state index is 0.0836. The Kier molecular flexibility index (Phi) is 3.59. The van der Waals surface area contributed by atoms with Crippen molar-refractivity contribution >= 4 is 0 Å². The molecule has 0 atom stereocenters. The van der Waals surface area contributed by atoms with Gasteiger partial charge in [-0.3, -0.25) is 4.90 Å². The highest BCUT2D eigenvalue weighted by molar-refractivity contribution is 4.91. The van der Waals surface area contributed by atoms with Crippen molar-refractivity contribution in [1.29, 1.82) is 0 Å². The summed E-state index contributed by atoms with van der Waals surface area (Å²) in [5, 5.41) is 0. The zero-order valence-electron chi connectivity index (χ0n) is 10.3. The van der Waals surface area contributed by atoms with E-state index in [1.807, 2.05) is 0 Å². The normalized spacial score (nSPS) is 22.7. The predicted molar refractivity (Wildman–Crippen MR) is 62.4 cm³/mol. The maximum atomic E-state index is 6.41. The molecular weight excluding hydrogens is 172 g/mol. The van der Waals surface area contributed by atoms with Gasteiger partial charge in [0.05, 0.1) is 0 Å². The third-order valence-electron chi connectivity index (χ3n) is 3.55. The average molecular weight is 198 g/mol. The highest BCUT2D eigenvalue weighted by Crippen LogP contribution is 2.28. The van der Waals surface area contributed by atoms with Gasteiger partial charge in [-0.15, -0.1) is 0 Å². The third kappa shape index (κ3) is 3.25. The number of hydrogen-bond acceptors (Lipinski definition) is 2. The van der Waals surface area contributed by atoms with E-state index < -0.39 is 0 Å². The van der Waals surface area contributed by atoms with Crippen molar-refractivity contribution in [2.75, 3.05) is 13.6 Å². The maximum absolute atomic E-state index is 6.41. The van der Waals surface area contributed by atoms with Crippen LogP contribution in [0.5, 0.6) is 0 Å². The molecule has 84 valence electrons. The van der Waals surface area contributed by atoms with Gasteiger partial charge in [-0.25, -0.2) is 0 Å². The lowest BCUT2D eigenvalue weighted by Crippen LogP contribution is -2.54. The molecule has 0 aliphatic heterocycles. The number of nitrogens with two attached hydrogens (primary N) is 1. The standard InChI is InChI=1S/C12H26N2/c1-11(2,3)14(4)10-12(13)8-6-5-7-9-12/h5-10,13H2,1-4H3. The molecule has 2 N–H and O–H groups in total. The first-order valence-electron chi connectivity index (χ1n) is 5.84. The monoisotopic (exact) mass is 198 g/mol. The third-order valence-corrected chi connectivity index (χ3v) is 3.55. The second kappa shape index (κ2) is 4.19. The fourth-order valence-corrected chi connectivity index (χ4v) is 2.12. The van der Waals surface area contributed by atoms with Crippen molar-refractivity contribution in [2.45, 2.75) is 64.0 Å². The van der Waals surface area contributed by atoms with E-state index in [9.17, 15) is 0 Å². The Balaban J connectivity index is 2.49. The van der Waals surface area contributed by atoms with E-state index in [0.29, 0.717) is 0 Å². The molecular formula is C12H26N2. The zero-order valence-corrected chi connectivity index (χ0v) is 10.3. The first-order chi connectivity index (χ1) is 6.33. The van der Waals surface area contributed by atoms with Gasteiger partial charge in [0.1, 0.15) is 0 Å². The SMILES string of the molecule is CN(CC1(N)CCCCC1)C(C)(C)C. The van der Waals surface area contributed by atoms with E-state index in [0.717, 1.165) is 6.54 Å². The molecule has 1 saturated carbocycles. The molecule has 2 heteroatoms. The highest BCUT2D eigenvalue weighted by atomic mass is 15.2. The summed E-state index contributed by atoms with van der Waals surface area (Å²) in [6.07, 6.45) is 6.40. The van der Waals surface area contributed by atoms with E-state index in [-0.39, 0.29) is 11.1 Å². The lowest BCUT2D eigenvalue weighted by atomic mass is 9.81. The van der Waals surface area contributed by atoms with Gasteiger partial charge >= 0.3 is 0 Å². The molecule has 0 aromatic rings. The first-order valence-corrected chi connectivity index (χ1v) is 5.84. The molecule has 0 bridgehead atoms. The molecule has 1 aliphatic carbocycles. The van der Waals surface area contributed by atoms with Gasteiger partial charge in [0, 0.05) is 17.6 Å². The minimum Gasteiger partial charge on any atom is -0.324 e. The quantitative estimate of drug-likeness (QED) is 0.738. The maximum Gasteiger partial charge on any atom is 0.0283 e. The van der Waals surface area contributed by atoms with Gasteiger partial charge in [-0.2, -0.15) is 0 Å². The lowest BCUT2D eigenvalue weighted by Gasteiger charge is -2.41. The minimum absolute atomic E-state index is 0.0836. The van der Waals surface area contributed by atoms with E-state index in [1.54, 1.807) is 0 Å². The van der Waals surface area contributed by atoms with Crippen LogP contribution in [0.3, 0.4) is 0 Å². The van der Waals surface area contributed by atoms with E-state index >= 15 is 0 Å². The molecule has 1 rings (SSSR count). The molecule has 0 unspecified atom stereocenters.